The maximum atomic E-state index is 11.4. The number of carbonyl (C=O) groups excluding carboxylic acids is 1. The van der Waals surface area contributed by atoms with Crippen molar-refractivity contribution in [2.75, 3.05) is 39.8 Å². The zero-order valence-electron chi connectivity index (χ0n) is 13.7. The van der Waals surface area contributed by atoms with Gasteiger partial charge in [0.25, 0.3) is 5.24 Å². The van der Waals surface area contributed by atoms with Crippen molar-refractivity contribution in [3.63, 3.8) is 0 Å². The molecule has 22 heavy (non-hydrogen) atoms. The van der Waals surface area contributed by atoms with Gasteiger partial charge < -0.3 is 9.80 Å². The first-order valence-corrected chi connectivity index (χ1v) is 9.13. The van der Waals surface area contributed by atoms with E-state index in [-0.39, 0.29) is 5.24 Å². The lowest BCUT2D eigenvalue weighted by Gasteiger charge is -2.32. The third-order valence-electron chi connectivity index (χ3n) is 4.41. The Morgan fingerprint density at radius 3 is 2.59 bits per heavy atom. The number of piperazine rings is 1. The van der Waals surface area contributed by atoms with Crippen LogP contribution in [0.25, 0.3) is 5.57 Å². The monoisotopic (exact) mass is 340 g/mol. The van der Waals surface area contributed by atoms with Crippen LogP contribution in [-0.4, -0.2) is 54.8 Å². The summed E-state index contributed by atoms with van der Waals surface area (Å²) < 4.78 is 0. The molecule has 1 aromatic rings. The predicted octanol–water partition coefficient (Wildman–Crippen LogP) is 3.87. The van der Waals surface area contributed by atoms with Crippen LogP contribution >= 0.6 is 22.9 Å². The largest absolute Gasteiger partial charge is 0.304 e. The SMILES string of the molecule is C/C=C(/CCCN1CCN(C)CC1)c1scc(C(=O)Cl)c1C. The fraction of sp³-hybridized carbons (Fsp3) is 0.588. The summed E-state index contributed by atoms with van der Waals surface area (Å²) in [6.07, 6.45) is 4.39. The molecule has 1 aromatic heterocycles. The molecule has 2 heterocycles. The number of hydrogen-bond donors (Lipinski definition) is 0. The second kappa shape index (κ2) is 8.25. The first-order valence-electron chi connectivity index (χ1n) is 7.87. The number of nitrogens with zero attached hydrogens (tertiary/aromatic N) is 2. The molecule has 1 aliphatic heterocycles. The van der Waals surface area contributed by atoms with Crippen LogP contribution in [0.15, 0.2) is 11.5 Å². The van der Waals surface area contributed by atoms with E-state index in [1.54, 1.807) is 11.3 Å². The van der Waals surface area contributed by atoms with Gasteiger partial charge in [-0.25, -0.2) is 0 Å². The third kappa shape index (κ3) is 4.42. The molecule has 0 aromatic carbocycles. The van der Waals surface area contributed by atoms with E-state index >= 15 is 0 Å². The molecule has 0 saturated carbocycles. The molecule has 2 rings (SSSR count). The zero-order valence-corrected chi connectivity index (χ0v) is 15.3. The summed E-state index contributed by atoms with van der Waals surface area (Å²) in [6.45, 7) is 9.90. The molecule has 1 aliphatic rings. The smallest absolute Gasteiger partial charge is 0.253 e. The Hall–Kier alpha value is -0.680. The number of likely N-dealkylation sites (N-methyl/N-ethyl adjacent to an activating group) is 1. The summed E-state index contributed by atoms with van der Waals surface area (Å²) in [7, 11) is 2.19. The van der Waals surface area contributed by atoms with E-state index in [4.69, 9.17) is 11.6 Å². The summed E-state index contributed by atoms with van der Waals surface area (Å²) in [5.41, 5.74) is 3.01. The predicted molar refractivity (Wildman–Crippen MR) is 96.1 cm³/mol. The zero-order chi connectivity index (χ0) is 16.1. The number of halogens is 1. The van der Waals surface area contributed by atoms with Gasteiger partial charge in [0, 0.05) is 42.0 Å². The highest BCUT2D eigenvalue weighted by Crippen LogP contribution is 2.32. The van der Waals surface area contributed by atoms with E-state index in [9.17, 15) is 4.79 Å². The lowest BCUT2D eigenvalue weighted by atomic mass is 10.0. The summed E-state index contributed by atoms with van der Waals surface area (Å²) in [4.78, 5) is 17.5. The molecular formula is C17H25ClN2OS. The van der Waals surface area contributed by atoms with Crippen LogP contribution in [0.3, 0.4) is 0 Å². The van der Waals surface area contributed by atoms with Crippen LogP contribution in [0.2, 0.25) is 0 Å². The Labute approximate surface area is 142 Å². The fourth-order valence-corrected chi connectivity index (χ4v) is 4.32. The van der Waals surface area contributed by atoms with Gasteiger partial charge in [-0.15, -0.1) is 11.3 Å². The van der Waals surface area contributed by atoms with Crippen molar-refractivity contribution in [3.05, 3.63) is 27.5 Å². The molecule has 0 radical (unpaired) electrons. The van der Waals surface area contributed by atoms with E-state index in [0.29, 0.717) is 5.56 Å². The van der Waals surface area contributed by atoms with Crippen molar-refractivity contribution < 1.29 is 4.79 Å². The van der Waals surface area contributed by atoms with Gasteiger partial charge in [0.1, 0.15) is 0 Å². The average Bonchev–Trinajstić information content (AvgIpc) is 2.87. The Kier molecular flexibility index (Phi) is 6.63. The van der Waals surface area contributed by atoms with Gasteiger partial charge in [0.15, 0.2) is 0 Å². The lowest BCUT2D eigenvalue weighted by Crippen LogP contribution is -2.44. The molecule has 3 nitrogen and oxygen atoms in total. The van der Waals surface area contributed by atoms with Crippen molar-refractivity contribution in [1.29, 1.82) is 0 Å². The molecule has 5 heteroatoms. The van der Waals surface area contributed by atoms with Crippen LogP contribution in [0.5, 0.6) is 0 Å². The Bertz CT molecular complexity index is 545. The quantitative estimate of drug-likeness (QED) is 0.734. The minimum Gasteiger partial charge on any atom is -0.304 e. The van der Waals surface area contributed by atoms with Crippen LogP contribution in [-0.2, 0) is 0 Å². The second-order valence-corrected chi connectivity index (χ2v) is 7.16. The molecule has 0 aliphatic carbocycles. The van der Waals surface area contributed by atoms with E-state index in [1.807, 2.05) is 12.3 Å². The second-order valence-electron chi connectivity index (χ2n) is 5.94. The minimum absolute atomic E-state index is 0.354. The van der Waals surface area contributed by atoms with Crippen molar-refractivity contribution in [2.24, 2.45) is 0 Å². The van der Waals surface area contributed by atoms with Crippen molar-refractivity contribution in [3.8, 4) is 0 Å². The Balaban J connectivity index is 1.89. The van der Waals surface area contributed by atoms with Gasteiger partial charge in [0.2, 0.25) is 0 Å². The summed E-state index contributed by atoms with van der Waals surface area (Å²) in [6, 6.07) is 0. The molecule has 0 bridgehead atoms. The van der Waals surface area contributed by atoms with Crippen molar-refractivity contribution in [2.45, 2.75) is 26.7 Å². The average molecular weight is 341 g/mol. The maximum absolute atomic E-state index is 11.4. The van der Waals surface area contributed by atoms with Gasteiger partial charge >= 0.3 is 0 Å². The van der Waals surface area contributed by atoms with Gasteiger partial charge in [-0.1, -0.05) is 6.08 Å². The van der Waals surface area contributed by atoms with Crippen molar-refractivity contribution >= 4 is 33.8 Å². The van der Waals surface area contributed by atoms with E-state index in [1.165, 1.54) is 36.6 Å². The molecule has 1 saturated heterocycles. The number of rotatable bonds is 6. The Morgan fingerprint density at radius 1 is 1.36 bits per heavy atom. The standard InChI is InChI=1S/C17H25ClN2OS/c1-4-14(16-13(2)15(12-22-16)17(18)21)6-5-7-20-10-8-19(3)9-11-20/h4,12H,5-11H2,1-3H3/b14-4-. The van der Waals surface area contributed by atoms with Gasteiger partial charge in [-0.05, 0) is 63.0 Å². The molecule has 122 valence electrons. The van der Waals surface area contributed by atoms with Crippen LogP contribution in [0.4, 0.5) is 0 Å². The third-order valence-corrected chi connectivity index (χ3v) is 5.77. The number of thiophene rings is 1. The normalized spacial score (nSPS) is 17.9. The molecule has 0 atom stereocenters. The first kappa shape index (κ1) is 17.7. The first-order chi connectivity index (χ1) is 10.5. The number of hydrogen-bond acceptors (Lipinski definition) is 4. The van der Waals surface area contributed by atoms with Gasteiger partial charge in [-0.3, -0.25) is 4.79 Å². The Morgan fingerprint density at radius 2 is 2.05 bits per heavy atom. The molecular weight excluding hydrogens is 316 g/mol. The summed E-state index contributed by atoms with van der Waals surface area (Å²) in [5.74, 6) is 0. The molecule has 0 spiro atoms. The highest BCUT2D eigenvalue weighted by Gasteiger charge is 2.16. The van der Waals surface area contributed by atoms with Crippen molar-refractivity contribution in [1.82, 2.24) is 9.80 Å². The fourth-order valence-electron chi connectivity index (χ4n) is 2.88. The van der Waals surface area contributed by atoms with Gasteiger partial charge in [-0.2, -0.15) is 0 Å². The highest BCUT2D eigenvalue weighted by molar-refractivity contribution is 7.11. The summed E-state index contributed by atoms with van der Waals surface area (Å²) in [5, 5.41) is 1.53. The topological polar surface area (TPSA) is 23.6 Å². The van der Waals surface area contributed by atoms with E-state index in [2.05, 4.69) is 29.8 Å². The minimum atomic E-state index is -0.354. The summed E-state index contributed by atoms with van der Waals surface area (Å²) >= 11 is 7.25. The molecule has 0 unspecified atom stereocenters. The molecule has 0 amide bonds. The van der Waals surface area contributed by atoms with Gasteiger partial charge in [0.05, 0.1) is 0 Å². The van der Waals surface area contributed by atoms with Crippen LogP contribution in [0, 0.1) is 6.92 Å². The number of carbonyl (C=O) groups is 1. The lowest BCUT2D eigenvalue weighted by molar-refractivity contribution is 0.108. The highest BCUT2D eigenvalue weighted by atomic mass is 35.5. The number of allylic oxidation sites excluding steroid dienone is 2. The van der Waals surface area contributed by atoms with E-state index < -0.39 is 0 Å². The maximum Gasteiger partial charge on any atom is 0.253 e. The van der Waals surface area contributed by atoms with E-state index in [0.717, 1.165) is 24.9 Å². The van der Waals surface area contributed by atoms with Crippen LogP contribution < -0.4 is 0 Å². The molecule has 1 fully saturated rings. The van der Waals surface area contributed by atoms with Crippen LogP contribution in [0.1, 0.15) is 40.6 Å². The molecule has 0 N–H and O–H groups in total.